The number of amides is 2. The van der Waals surface area contributed by atoms with Gasteiger partial charge in [-0.15, -0.1) is 0 Å². The van der Waals surface area contributed by atoms with Gasteiger partial charge >= 0.3 is 0 Å². The van der Waals surface area contributed by atoms with Gasteiger partial charge in [0.2, 0.25) is 11.8 Å². The highest BCUT2D eigenvalue weighted by Gasteiger charge is 2.26. The lowest BCUT2D eigenvalue weighted by atomic mass is 10.1. The van der Waals surface area contributed by atoms with Crippen LogP contribution >= 0.6 is 0 Å². The van der Waals surface area contributed by atoms with E-state index >= 15 is 0 Å². The Morgan fingerprint density at radius 1 is 1.00 bits per heavy atom. The molecule has 33 heavy (non-hydrogen) atoms. The summed E-state index contributed by atoms with van der Waals surface area (Å²) in [6, 6.07) is 25.7. The second-order valence-corrected chi connectivity index (χ2v) is 8.56. The largest absolute Gasteiger partial charge is 0.352 e. The minimum absolute atomic E-state index is 0.00870. The molecule has 168 valence electrons. The Bertz CT molecular complexity index is 1150. The molecule has 0 aromatic heterocycles. The molecule has 3 aromatic carbocycles. The summed E-state index contributed by atoms with van der Waals surface area (Å²) in [7, 11) is 0. The molecule has 5 nitrogen and oxygen atoms in total. The summed E-state index contributed by atoms with van der Waals surface area (Å²) in [6.07, 6.45) is 1.87. The highest BCUT2D eigenvalue weighted by molar-refractivity contribution is 6.18. The quantitative estimate of drug-likeness (QED) is 0.564. The maximum atomic E-state index is 13.2. The van der Waals surface area contributed by atoms with Crippen LogP contribution in [0.25, 0.3) is 0 Å². The summed E-state index contributed by atoms with van der Waals surface area (Å²) in [6.45, 7) is 4.00. The van der Waals surface area contributed by atoms with Crippen molar-refractivity contribution >= 4 is 28.9 Å². The number of para-hydroxylation sites is 2. The number of carbonyl (C=O) groups excluding carboxylic acids is 2. The van der Waals surface area contributed by atoms with Gasteiger partial charge in [-0.3, -0.25) is 14.6 Å². The molecule has 1 heterocycles. The highest BCUT2D eigenvalue weighted by atomic mass is 16.2. The second-order valence-electron chi connectivity index (χ2n) is 8.56. The highest BCUT2D eigenvalue weighted by Crippen LogP contribution is 2.32. The molecule has 0 fully saturated rings. The molecule has 1 atom stereocenters. The SMILES string of the molecule is Cc1ccc(C2=Nc3ccccc3N(CC(=O)N[C@H](C)CCc3ccccc3)C(=O)C2)cc1. The third kappa shape index (κ3) is 5.75. The summed E-state index contributed by atoms with van der Waals surface area (Å²) in [5.74, 6) is -0.302. The van der Waals surface area contributed by atoms with E-state index in [9.17, 15) is 9.59 Å². The van der Waals surface area contributed by atoms with E-state index in [0.29, 0.717) is 17.1 Å². The fraction of sp³-hybridized carbons (Fsp3) is 0.250. The molecule has 0 aliphatic carbocycles. The van der Waals surface area contributed by atoms with Crippen molar-refractivity contribution < 1.29 is 9.59 Å². The van der Waals surface area contributed by atoms with E-state index in [4.69, 9.17) is 4.99 Å². The van der Waals surface area contributed by atoms with Gasteiger partial charge in [-0.1, -0.05) is 72.3 Å². The molecule has 1 aliphatic heterocycles. The van der Waals surface area contributed by atoms with Crippen LogP contribution in [0.4, 0.5) is 11.4 Å². The second kappa shape index (κ2) is 10.3. The van der Waals surface area contributed by atoms with Crippen LogP contribution < -0.4 is 10.2 Å². The van der Waals surface area contributed by atoms with Gasteiger partial charge < -0.3 is 10.2 Å². The van der Waals surface area contributed by atoms with Crippen LogP contribution in [-0.2, 0) is 16.0 Å². The average molecular weight is 440 g/mol. The van der Waals surface area contributed by atoms with E-state index in [1.165, 1.54) is 5.56 Å². The number of carbonyl (C=O) groups is 2. The molecule has 0 radical (unpaired) electrons. The molecule has 1 aliphatic rings. The Morgan fingerprint density at radius 2 is 1.70 bits per heavy atom. The van der Waals surface area contributed by atoms with Crippen LogP contribution in [0.1, 0.15) is 36.5 Å². The predicted octanol–water partition coefficient (Wildman–Crippen LogP) is 4.99. The molecule has 0 saturated carbocycles. The number of aliphatic imine (C=N–C) groups is 1. The number of hydrogen-bond donors (Lipinski definition) is 1. The molecule has 0 bridgehead atoms. The van der Waals surface area contributed by atoms with Gasteiger partial charge in [0.15, 0.2) is 0 Å². The van der Waals surface area contributed by atoms with Crippen LogP contribution in [0, 0.1) is 6.92 Å². The van der Waals surface area contributed by atoms with Gasteiger partial charge in [-0.25, -0.2) is 0 Å². The third-order valence-corrected chi connectivity index (χ3v) is 5.85. The third-order valence-electron chi connectivity index (χ3n) is 5.85. The fourth-order valence-corrected chi connectivity index (χ4v) is 3.99. The summed E-state index contributed by atoms with van der Waals surface area (Å²) < 4.78 is 0. The van der Waals surface area contributed by atoms with Crippen molar-refractivity contribution in [3.05, 3.63) is 95.6 Å². The monoisotopic (exact) mass is 439 g/mol. The van der Waals surface area contributed by atoms with E-state index < -0.39 is 0 Å². The molecule has 0 spiro atoms. The molecule has 0 saturated heterocycles. The summed E-state index contributed by atoms with van der Waals surface area (Å²) in [4.78, 5) is 32.4. The number of nitrogens with zero attached hydrogens (tertiary/aromatic N) is 2. The Morgan fingerprint density at radius 3 is 2.45 bits per heavy atom. The van der Waals surface area contributed by atoms with Crippen molar-refractivity contribution in [3.8, 4) is 0 Å². The number of fused-ring (bicyclic) bond motifs is 1. The van der Waals surface area contributed by atoms with Gasteiger partial charge in [-0.2, -0.15) is 0 Å². The van der Waals surface area contributed by atoms with Crippen LogP contribution in [0.15, 0.2) is 83.9 Å². The summed E-state index contributed by atoms with van der Waals surface area (Å²) >= 11 is 0. The molecule has 4 rings (SSSR count). The van der Waals surface area contributed by atoms with Crippen molar-refractivity contribution in [2.24, 2.45) is 4.99 Å². The number of anilines is 1. The van der Waals surface area contributed by atoms with Crippen molar-refractivity contribution in [2.75, 3.05) is 11.4 Å². The van der Waals surface area contributed by atoms with Gasteiger partial charge in [0, 0.05) is 6.04 Å². The Labute approximate surface area is 195 Å². The smallest absolute Gasteiger partial charge is 0.240 e. The molecular formula is C28H29N3O2. The van der Waals surface area contributed by atoms with Crippen LogP contribution in [0.3, 0.4) is 0 Å². The van der Waals surface area contributed by atoms with Crippen molar-refractivity contribution in [1.82, 2.24) is 5.32 Å². The minimum atomic E-state index is -0.169. The van der Waals surface area contributed by atoms with E-state index in [0.717, 1.165) is 24.0 Å². The first-order valence-corrected chi connectivity index (χ1v) is 11.4. The lowest BCUT2D eigenvalue weighted by molar-refractivity contribution is -0.123. The van der Waals surface area contributed by atoms with E-state index in [1.807, 2.05) is 80.6 Å². The first kappa shape index (κ1) is 22.5. The van der Waals surface area contributed by atoms with Gasteiger partial charge in [0.25, 0.3) is 0 Å². The van der Waals surface area contributed by atoms with Crippen LogP contribution in [-0.4, -0.2) is 30.1 Å². The van der Waals surface area contributed by atoms with Gasteiger partial charge in [0.05, 0.1) is 23.5 Å². The maximum Gasteiger partial charge on any atom is 0.240 e. The number of rotatable bonds is 7. The Hall–Kier alpha value is -3.73. The standard InChI is InChI=1S/C28H29N3O2/c1-20-12-16-23(17-13-20)25-18-28(33)31(26-11-7-6-10-24(26)30-25)19-27(32)29-21(2)14-15-22-8-4-3-5-9-22/h3-13,16-17,21H,14-15,18-19H2,1-2H3,(H,29,32)/t21-/m1/s1. The number of nitrogens with one attached hydrogen (secondary N) is 1. The van der Waals surface area contributed by atoms with E-state index in [1.54, 1.807) is 4.90 Å². The average Bonchev–Trinajstić information content (AvgIpc) is 2.95. The zero-order chi connectivity index (χ0) is 23.2. The lowest BCUT2D eigenvalue weighted by Gasteiger charge is -2.23. The lowest BCUT2D eigenvalue weighted by Crippen LogP contribution is -2.43. The first-order valence-electron chi connectivity index (χ1n) is 11.4. The molecule has 2 amide bonds. The van der Waals surface area contributed by atoms with E-state index in [2.05, 4.69) is 17.4 Å². The number of hydrogen-bond acceptors (Lipinski definition) is 3. The van der Waals surface area contributed by atoms with E-state index in [-0.39, 0.29) is 30.8 Å². The van der Waals surface area contributed by atoms with Gasteiger partial charge in [-0.05, 0) is 49.9 Å². The zero-order valence-electron chi connectivity index (χ0n) is 19.1. The molecule has 0 unspecified atom stereocenters. The Balaban J connectivity index is 1.45. The molecular weight excluding hydrogens is 410 g/mol. The fourth-order valence-electron chi connectivity index (χ4n) is 3.99. The summed E-state index contributed by atoms with van der Waals surface area (Å²) in [5, 5.41) is 3.05. The Kier molecular flexibility index (Phi) is 6.98. The normalized spacial score (nSPS) is 14.2. The number of aryl methyl sites for hydroxylation is 2. The topological polar surface area (TPSA) is 61.8 Å². The first-order chi connectivity index (χ1) is 16.0. The van der Waals surface area contributed by atoms with Crippen molar-refractivity contribution in [2.45, 2.75) is 39.2 Å². The maximum absolute atomic E-state index is 13.2. The molecule has 5 heteroatoms. The predicted molar refractivity (Wildman–Crippen MR) is 133 cm³/mol. The molecule has 1 N–H and O–H groups in total. The van der Waals surface area contributed by atoms with Crippen LogP contribution in [0.5, 0.6) is 0 Å². The minimum Gasteiger partial charge on any atom is -0.352 e. The summed E-state index contributed by atoms with van der Waals surface area (Å²) in [5.41, 5.74) is 5.40. The van der Waals surface area contributed by atoms with Crippen LogP contribution in [0.2, 0.25) is 0 Å². The van der Waals surface area contributed by atoms with Gasteiger partial charge in [0.1, 0.15) is 6.54 Å². The molecule has 3 aromatic rings. The van der Waals surface area contributed by atoms with Crippen molar-refractivity contribution in [1.29, 1.82) is 0 Å². The number of benzene rings is 3. The zero-order valence-corrected chi connectivity index (χ0v) is 19.1. The van der Waals surface area contributed by atoms with Crippen molar-refractivity contribution in [3.63, 3.8) is 0 Å².